The summed E-state index contributed by atoms with van der Waals surface area (Å²) in [5, 5.41) is 6.35. The van der Waals surface area contributed by atoms with E-state index in [1.165, 1.54) is 28.5 Å². The number of nitrogens with two attached hydrogens (primary N) is 4. The van der Waals surface area contributed by atoms with Crippen LogP contribution in [-0.2, 0) is 4.79 Å². The van der Waals surface area contributed by atoms with Gasteiger partial charge in [0.05, 0.1) is 28.4 Å². The van der Waals surface area contributed by atoms with Gasteiger partial charge in [-0.1, -0.05) is 18.2 Å². The number of pyridine rings is 1. The Hall–Kier alpha value is -4.69. The van der Waals surface area contributed by atoms with Crippen LogP contribution in [0.4, 0.5) is 15.9 Å². The van der Waals surface area contributed by atoms with E-state index >= 15 is 0 Å². The Bertz CT molecular complexity index is 1410. The molecule has 2 atom stereocenters. The first-order valence-electron chi connectivity index (χ1n) is 11.9. The first kappa shape index (κ1) is 25.0. The van der Waals surface area contributed by atoms with Gasteiger partial charge in [0.25, 0.3) is 11.7 Å². The molecule has 9 N–H and O–H groups in total. The number of hydrazine groups is 2. The van der Waals surface area contributed by atoms with Crippen LogP contribution in [0.25, 0.3) is 10.9 Å². The summed E-state index contributed by atoms with van der Waals surface area (Å²) in [6, 6.07) is 9.31. The van der Waals surface area contributed by atoms with Crippen LogP contribution in [-0.4, -0.2) is 63.6 Å². The number of aromatic amines is 1. The third-order valence-electron chi connectivity index (χ3n) is 6.99. The lowest BCUT2D eigenvalue weighted by atomic mass is 10.0. The molecular formula is C24H28FN11O2. The van der Waals surface area contributed by atoms with Crippen molar-refractivity contribution < 1.29 is 14.0 Å². The Balaban J connectivity index is 1.29. The van der Waals surface area contributed by atoms with E-state index in [1.54, 1.807) is 0 Å². The first-order chi connectivity index (χ1) is 18.3. The third kappa shape index (κ3) is 4.25. The van der Waals surface area contributed by atoms with Gasteiger partial charge < -0.3 is 26.4 Å². The second-order valence-electron chi connectivity index (χ2n) is 9.23. The largest absolute Gasteiger partial charge is 0.403 e. The Morgan fingerprint density at radius 2 is 1.76 bits per heavy atom. The molecule has 1 amide bonds. The molecular weight excluding hydrogens is 493 g/mol. The predicted molar refractivity (Wildman–Crippen MR) is 140 cm³/mol. The second-order valence-corrected chi connectivity index (χ2v) is 9.23. The van der Waals surface area contributed by atoms with Gasteiger partial charge in [-0.15, -0.1) is 5.10 Å². The lowest BCUT2D eigenvalue weighted by Crippen LogP contribution is -2.49. The number of Topliss-reactive ketones (excluding diaryl/α,β-unsaturated/α-hetero) is 1. The fourth-order valence-corrected chi connectivity index (χ4v) is 5.21. The highest BCUT2D eigenvalue weighted by molar-refractivity contribution is 6.45. The van der Waals surface area contributed by atoms with Gasteiger partial charge in [-0.25, -0.2) is 26.1 Å². The summed E-state index contributed by atoms with van der Waals surface area (Å²) < 4.78 is 14.7. The quantitative estimate of drug-likeness (QED) is 0.0762. The van der Waals surface area contributed by atoms with Crippen molar-refractivity contribution >= 4 is 40.1 Å². The summed E-state index contributed by atoms with van der Waals surface area (Å²) in [4.78, 5) is 36.7. The number of nitrogens with zero attached hydrogens (tertiary/aromatic N) is 6. The van der Waals surface area contributed by atoms with E-state index in [0.29, 0.717) is 32.1 Å². The van der Waals surface area contributed by atoms with Gasteiger partial charge in [-0.2, -0.15) is 0 Å². The molecule has 0 radical (unpaired) electrons. The Kier molecular flexibility index (Phi) is 6.57. The van der Waals surface area contributed by atoms with Crippen LogP contribution >= 0.6 is 0 Å². The van der Waals surface area contributed by atoms with Crippen LogP contribution in [0.1, 0.15) is 10.4 Å². The van der Waals surface area contributed by atoms with Crippen molar-refractivity contribution in [2.24, 2.45) is 40.2 Å². The van der Waals surface area contributed by atoms with Gasteiger partial charge in [0, 0.05) is 56.6 Å². The maximum Gasteiger partial charge on any atom is 0.295 e. The Labute approximate surface area is 217 Å². The van der Waals surface area contributed by atoms with Crippen molar-refractivity contribution in [3.05, 3.63) is 66.5 Å². The number of amides is 1. The van der Waals surface area contributed by atoms with Crippen LogP contribution in [0.3, 0.4) is 0 Å². The van der Waals surface area contributed by atoms with Crippen LogP contribution in [0.15, 0.2) is 60.2 Å². The molecule has 3 aromatic rings. The molecule has 2 unspecified atom stereocenters. The molecule has 0 bridgehead atoms. The number of likely N-dealkylation sites (tertiary alicyclic amines) is 2. The van der Waals surface area contributed by atoms with E-state index in [0.717, 1.165) is 16.9 Å². The van der Waals surface area contributed by atoms with Crippen molar-refractivity contribution in [1.82, 2.24) is 19.8 Å². The number of fused-ring (bicyclic) bond motifs is 2. The molecule has 2 aliphatic heterocycles. The number of nitrogens with one attached hydrogen (secondary N) is 1. The fraction of sp³-hybridized carbons (Fsp3) is 0.250. The monoisotopic (exact) mass is 521 g/mol. The topological polar surface area (TPSA) is 192 Å². The number of para-hydroxylation sites is 1. The standard InChI is InChI=1S/C24H28FN11O2/c25-18-9-31-22(35(28)7-6-26)20-19(18)17(8-30-20)21(37)23(38)33-10-14-12-34(13-15(14)11-33)24(32-27)36(29)16-4-2-1-3-5-16/h1-9,14-15,30H,10-13,26-29H2/b7-6-,32-24-. The zero-order chi connectivity index (χ0) is 27.0. The predicted octanol–water partition coefficient (Wildman–Crippen LogP) is -0.00510. The Morgan fingerprint density at radius 1 is 1.11 bits per heavy atom. The van der Waals surface area contributed by atoms with Crippen molar-refractivity contribution in [2.45, 2.75) is 0 Å². The van der Waals surface area contributed by atoms with Crippen molar-refractivity contribution in [1.29, 1.82) is 0 Å². The summed E-state index contributed by atoms with van der Waals surface area (Å²) in [6.07, 6.45) is 4.75. The molecule has 38 heavy (non-hydrogen) atoms. The maximum atomic E-state index is 14.7. The molecule has 13 nitrogen and oxygen atoms in total. The van der Waals surface area contributed by atoms with E-state index in [4.69, 9.17) is 23.3 Å². The summed E-state index contributed by atoms with van der Waals surface area (Å²) >= 11 is 0. The lowest BCUT2D eigenvalue weighted by Gasteiger charge is -2.29. The SMILES string of the molecule is N/C=C\N(N)c1ncc(F)c2c(C(=O)C(=O)N3CC4CN(/C(=N/N)N(N)c5ccccc5)CC4C3)c[nH]c12. The van der Waals surface area contributed by atoms with Gasteiger partial charge in [0.2, 0.25) is 5.96 Å². The highest BCUT2D eigenvalue weighted by Crippen LogP contribution is 2.33. The normalized spacial score (nSPS) is 19.4. The molecule has 0 spiro atoms. The molecule has 198 valence electrons. The average Bonchev–Trinajstić information content (AvgIpc) is 3.63. The summed E-state index contributed by atoms with van der Waals surface area (Å²) in [5.74, 6) is 16.3. The maximum absolute atomic E-state index is 14.7. The van der Waals surface area contributed by atoms with Crippen LogP contribution in [0, 0.1) is 17.7 Å². The number of hydrogen-bond acceptors (Lipinski definition) is 9. The highest BCUT2D eigenvalue weighted by atomic mass is 19.1. The van der Waals surface area contributed by atoms with E-state index in [9.17, 15) is 14.0 Å². The molecule has 2 aliphatic rings. The van der Waals surface area contributed by atoms with Gasteiger partial charge in [0.15, 0.2) is 11.6 Å². The number of aromatic nitrogens is 2. The van der Waals surface area contributed by atoms with Gasteiger partial charge in [0.1, 0.15) is 0 Å². The zero-order valence-corrected chi connectivity index (χ0v) is 20.4. The number of ketones is 1. The zero-order valence-electron chi connectivity index (χ0n) is 20.4. The minimum absolute atomic E-state index is 0.0625. The number of benzene rings is 1. The van der Waals surface area contributed by atoms with E-state index in [1.807, 2.05) is 35.2 Å². The number of carbonyl (C=O) groups is 2. The number of carbonyl (C=O) groups excluding carboxylic acids is 2. The number of hydrazone groups is 1. The number of rotatable bonds is 5. The van der Waals surface area contributed by atoms with E-state index in [-0.39, 0.29) is 34.1 Å². The number of guanidine groups is 1. The van der Waals surface area contributed by atoms with Crippen molar-refractivity contribution in [3.63, 3.8) is 0 Å². The fourth-order valence-electron chi connectivity index (χ4n) is 5.21. The smallest absolute Gasteiger partial charge is 0.295 e. The molecule has 1 aromatic carbocycles. The summed E-state index contributed by atoms with van der Waals surface area (Å²) in [6.45, 7) is 1.87. The molecule has 2 aromatic heterocycles. The molecule has 4 heterocycles. The summed E-state index contributed by atoms with van der Waals surface area (Å²) in [7, 11) is 0. The molecule has 14 heteroatoms. The number of halogens is 1. The molecule has 5 rings (SSSR count). The lowest BCUT2D eigenvalue weighted by molar-refractivity contribution is -0.125. The van der Waals surface area contributed by atoms with Crippen molar-refractivity contribution in [2.75, 3.05) is 36.2 Å². The van der Waals surface area contributed by atoms with Gasteiger partial charge in [-0.05, 0) is 12.1 Å². The molecule has 2 saturated heterocycles. The Morgan fingerprint density at radius 3 is 2.39 bits per heavy atom. The number of H-pyrrole nitrogens is 1. The molecule has 0 aliphatic carbocycles. The second kappa shape index (κ2) is 9.99. The van der Waals surface area contributed by atoms with E-state index in [2.05, 4.69) is 15.1 Å². The van der Waals surface area contributed by atoms with Gasteiger partial charge >= 0.3 is 0 Å². The first-order valence-corrected chi connectivity index (χ1v) is 11.9. The van der Waals surface area contributed by atoms with Crippen molar-refractivity contribution in [3.8, 4) is 0 Å². The van der Waals surface area contributed by atoms with Crippen LogP contribution in [0.2, 0.25) is 0 Å². The van der Waals surface area contributed by atoms with Crippen LogP contribution in [0.5, 0.6) is 0 Å². The summed E-state index contributed by atoms with van der Waals surface area (Å²) in [5.41, 5.74) is 6.19. The molecule has 0 saturated carbocycles. The number of hydrogen-bond donors (Lipinski definition) is 5. The third-order valence-corrected chi connectivity index (χ3v) is 6.99. The van der Waals surface area contributed by atoms with Gasteiger partial charge in [-0.3, -0.25) is 14.6 Å². The number of anilines is 2. The van der Waals surface area contributed by atoms with Crippen LogP contribution < -0.4 is 33.3 Å². The highest BCUT2D eigenvalue weighted by Gasteiger charge is 2.44. The average molecular weight is 522 g/mol. The minimum atomic E-state index is -0.816. The minimum Gasteiger partial charge on any atom is -0.403 e. The van der Waals surface area contributed by atoms with E-state index < -0.39 is 17.5 Å². The molecule has 2 fully saturated rings.